The number of carbonyl (C=O) groups excluding carboxylic acids is 1. The molecule has 6 heteroatoms. The summed E-state index contributed by atoms with van der Waals surface area (Å²) in [5.74, 6) is 0.405. The monoisotopic (exact) mass is 381 g/mol. The van der Waals surface area contributed by atoms with Gasteiger partial charge in [-0.25, -0.2) is 4.79 Å². The molecular weight excluding hydrogens is 358 g/mol. The number of hydrogen-bond donors (Lipinski definition) is 2. The van der Waals surface area contributed by atoms with E-state index in [2.05, 4.69) is 5.32 Å². The van der Waals surface area contributed by atoms with E-state index in [1.807, 2.05) is 30.3 Å². The summed E-state index contributed by atoms with van der Waals surface area (Å²) in [6, 6.07) is 17.7. The molecule has 0 aliphatic carbocycles. The highest BCUT2D eigenvalue weighted by atomic mass is 16.5. The fourth-order valence-corrected chi connectivity index (χ4v) is 2.74. The van der Waals surface area contributed by atoms with Crippen LogP contribution >= 0.6 is 0 Å². The molecule has 0 radical (unpaired) electrons. The van der Waals surface area contributed by atoms with E-state index in [1.165, 1.54) is 6.07 Å². The number of hydrogen-bond acceptors (Lipinski definition) is 5. The zero-order chi connectivity index (χ0) is 20.0. The highest BCUT2D eigenvalue weighted by Crippen LogP contribution is 2.20. The number of nitrogens with one attached hydrogen (secondary N) is 1. The van der Waals surface area contributed by atoms with Gasteiger partial charge < -0.3 is 19.6 Å². The molecule has 28 heavy (non-hydrogen) atoms. The van der Waals surface area contributed by atoms with Crippen molar-refractivity contribution in [2.24, 2.45) is 0 Å². The van der Waals surface area contributed by atoms with Crippen molar-refractivity contribution in [3.05, 3.63) is 76.6 Å². The minimum Gasteiger partial charge on any atom is -0.493 e. The van der Waals surface area contributed by atoms with Crippen molar-refractivity contribution in [1.29, 1.82) is 0 Å². The largest absolute Gasteiger partial charge is 0.493 e. The number of carbonyl (C=O) groups is 1. The average Bonchev–Trinajstić information content (AvgIpc) is 2.67. The molecule has 0 spiro atoms. The molecule has 1 atom stereocenters. The summed E-state index contributed by atoms with van der Waals surface area (Å²) in [6.45, 7) is 2.04. The van der Waals surface area contributed by atoms with Gasteiger partial charge in [0.05, 0.1) is 18.6 Å². The van der Waals surface area contributed by atoms with Crippen molar-refractivity contribution in [2.75, 3.05) is 13.2 Å². The predicted molar refractivity (Wildman–Crippen MR) is 106 cm³/mol. The van der Waals surface area contributed by atoms with Crippen LogP contribution in [0.25, 0.3) is 11.0 Å². The molecule has 2 aromatic carbocycles. The van der Waals surface area contributed by atoms with E-state index in [4.69, 9.17) is 9.15 Å². The van der Waals surface area contributed by atoms with Crippen molar-refractivity contribution in [1.82, 2.24) is 5.32 Å². The third-order valence-corrected chi connectivity index (χ3v) is 4.38. The maximum absolute atomic E-state index is 12.0. The second-order valence-corrected chi connectivity index (χ2v) is 6.99. The number of aliphatic hydroxyl groups is 1. The maximum atomic E-state index is 12.0. The Balaban J connectivity index is 1.46. The number of fused-ring (bicyclic) bond motifs is 1. The van der Waals surface area contributed by atoms with E-state index < -0.39 is 11.2 Å². The Bertz CT molecular complexity index is 994. The zero-order valence-electron chi connectivity index (χ0n) is 15.7. The molecule has 0 saturated carbocycles. The second kappa shape index (κ2) is 8.71. The van der Waals surface area contributed by atoms with Gasteiger partial charge in [0.15, 0.2) is 0 Å². The molecule has 0 fully saturated rings. The lowest BCUT2D eigenvalue weighted by Gasteiger charge is -2.23. The van der Waals surface area contributed by atoms with Gasteiger partial charge in [-0.2, -0.15) is 0 Å². The fourth-order valence-electron chi connectivity index (χ4n) is 2.74. The molecule has 3 rings (SSSR count). The van der Waals surface area contributed by atoms with Gasteiger partial charge in [0.2, 0.25) is 5.91 Å². The predicted octanol–water partition coefficient (Wildman–Crippen LogP) is 2.67. The molecule has 1 amide bonds. The van der Waals surface area contributed by atoms with Crippen LogP contribution in [0.5, 0.6) is 5.75 Å². The lowest BCUT2D eigenvalue weighted by atomic mass is 10.0. The van der Waals surface area contributed by atoms with Crippen LogP contribution in [0.1, 0.15) is 18.9 Å². The number of ether oxygens (including phenoxy) is 1. The summed E-state index contributed by atoms with van der Waals surface area (Å²) in [7, 11) is 0. The summed E-state index contributed by atoms with van der Waals surface area (Å²) in [5, 5.41) is 14.0. The molecule has 3 aromatic rings. The van der Waals surface area contributed by atoms with Gasteiger partial charge in [-0.3, -0.25) is 4.79 Å². The normalized spacial score (nSPS) is 13.1. The van der Waals surface area contributed by atoms with E-state index in [0.29, 0.717) is 17.8 Å². The molecule has 1 unspecified atom stereocenters. The van der Waals surface area contributed by atoms with Gasteiger partial charge in [-0.05, 0) is 30.7 Å². The molecule has 1 heterocycles. The average molecular weight is 381 g/mol. The first-order valence-electron chi connectivity index (χ1n) is 9.11. The van der Waals surface area contributed by atoms with E-state index in [9.17, 15) is 14.7 Å². The molecule has 0 saturated heterocycles. The quantitative estimate of drug-likeness (QED) is 0.586. The van der Waals surface area contributed by atoms with Gasteiger partial charge in [0.25, 0.3) is 0 Å². The maximum Gasteiger partial charge on any atom is 0.336 e. The molecule has 2 N–H and O–H groups in total. The molecule has 6 nitrogen and oxygen atoms in total. The number of amides is 1. The van der Waals surface area contributed by atoms with Crippen LogP contribution < -0.4 is 15.7 Å². The van der Waals surface area contributed by atoms with Crippen LogP contribution in [0.3, 0.4) is 0 Å². The van der Waals surface area contributed by atoms with E-state index >= 15 is 0 Å². The summed E-state index contributed by atoms with van der Waals surface area (Å²) in [4.78, 5) is 23.3. The van der Waals surface area contributed by atoms with E-state index in [-0.39, 0.29) is 25.5 Å². The van der Waals surface area contributed by atoms with Gasteiger partial charge in [-0.1, -0.05) is 30.3 Å². The third kappa shape index (κ3) is 5.69. The molecular formula is C22H23NO5. The fraction of sp³-hybridized carbons (Fsp3) is 0.273. The molecule has 0 aliphatic heterocycles. The Morgan fingerprint density at radius 2 is 1.89 bits per heavy atom. The van der Waals surface area contributed by atoms with Crippen LogP contribution in [-0.2, 0) is 11.2 Å². The number of benzene rings is 2. The van der Waals surface area contributed by atoms with Crippen molar-refractivity contribution < 1.29 is 19.1 Å². The first-order chi connectivity index (χ1) is 13.4. The molecule has 146 valence electrons. The minimum absolute atomic E-state index is 0.134. The Morgan fingerprint density at radius 3 is 2.68 bits per heavy atom. The zero-order valence-corrected chi connectivity index (χ0v) is 15.7. The Labute approximate surface area is 162 Å². The minimum atomic E-state index is -1.10. The topological polar surface area (TPSA) is 88.8 Å². The van der Waals surface area contributed by atoms with Gasteiger partial charge in [0.1, 0.15) is 11.3 Å². The van der Waals surface area contributed by atoms with Crippen molar-refractivity contribution in [2.45, 2.75) is 25.4 Å². The standard InChI is InChI=1S/C22H23NO5/c1-22(26,15-23-20(24)13-16-5-3-2-4-6-16)11-12-27-18-9-7-17-8-10-21(25)28-19(17)14-18/h2-10,14,26H,11-13,15H2,1H3,(H,23,24). The molecule has 0 bridgehead atoms. The van der Waals surface area contributed by atoms with Crippen molar-refractivity contribution in [3.63, 3.8) is 0 Å². The van der Waals surface area contributed by atoms with Crippen molar-refractivity contribution in [3.8, 4) is 5.75 Å². The first kappa shape index (κ1) is 19.6. The summed E-state index contributed by atoms with van der Waals surface area (Å²) >= 11 is 0. The van der Waals surface area contributed by atoms with Gasteiger partial charge >= 0.3 is 5.63 Å². The Hall–Kier alpha value is -3.12. The molecule has 1 aromatic heterocycles. The van der Waals surface area contributed by atoms with Crippen LogP contribution in [0, 0.1) is 0 Å². The summed E-state index contributed by atoms with van der Waals surface area (Å²) in [6.07, 6.45) is 0.602. The van der Waals surface area contributed by atoms with Crippen LogP contribution in [0.15, 0.2) is 69.9 Å². The second-order valence-electron chi connectivity index (χ2n) is 6.99. The smallest absolute Gasteiger partial charge is 0.336 e. The van der Waals surface area contributed by atoms with E-state index in [0.717, 1.165) is 10.9 Å². The number of rotatable bonds is 8. The highest BCUT2D eigenvalue weighted by molar-refractivity contribution is 5.78. The highest BCUT2D eigenvalue weighted by Gasteiger charge is 2.21. The van der Waals surface area contributed by atoms with Gasteiger partial charge in [-0.15, -0.1) is 0 Å². The van der Waals surface area contributed by atoms with E-state index in [1.54, 1.807) is 31.2 Å². The summed E-state index contributed by atoms with van der Waals surface area (Å²) in [5.41, 5.74) is -0.148. The Kier molecular flexibility index (Phi) is 6.11. The SMILES string of the molecule is CC(O)(CCOc1ccc2ccc(=O)oc2c1)CNC(=O)Cc1ccccc1. The van der Waals surface area contributed by atoms with Crippen LogP contribution in [-0.4, -0.2) is 29.8 Å². The third-order valence-electron chi connectivity index (χ3n) is 4.38. The Morgan fingerprint density at radius 1 is 1.14 bits per heavy atom. The van der Waals surface area contributed by atoms with Gasteiger partial charge in [0, 0.05) is 30.5 Å². The first-order valence-corrected chi connectivity index (χ1v) is 9.11. The molecule has 0 aliphatic rings. The lowest BCUT2D eigenvalue weighted by Crippen LogP contribution is -2.42. The summed E-state index contributed by atoms with van der Waals surface area (Å²) < 4.78 is 10.8. The van der Waals surface area contributed by atoms with Crippen molar-refractivity contribution >= 4 is 16.9 Å². The van der Waals surface area contributed by atoms with Crippen LogP contribution in [0.4, 0.5) is 0 Å². The lowest BCUT2D eigenvalue weighted by molar-refractivity contribution is -0.121. The van der Waals surface area contributed by atoms with Crippen LogP contribution in [0.2, 0.25) is 0 Å².